The number of halogens is 1. The topological polar surface area (TPSA) is 118 Å². The molecule has 2 rings (SSSR count). The quantitative estimate of drug-likeness (QED) is 0.325. The van der Waals surface area contributed by atoms with E-state index in [0.717, 1.165) is 11.1 Å². The van der Waals surface area contributed by atoms with Crippen LogP contribution in [-0.2, 0) is 14.3 Å². The Kier molecular flexibility index (Phi) is 12.5. The minimum absolute atomic E-state index is 0.0332. The average Bonchev–Trinajstić information content (AvgIpc) is 2.84. The van der Waals surface area contributed by atoms with E-state index in [0.29, 0.717) is 42.4 Å². The molecular weight excluding hydrogens is 483 g/mol. The van der Waals surface area contributed by atoms with Crippen molar-refractivity contribution < 1.29 is 43.5 Å². The van der Waals surface area contributed by atoms with Gasteiger partial charge in [-0.25, -0.2) is 4.39 Å². The molecule has 2 atom stereocenters. The summed E-state index contributed by atoms with van der Waals surface area (Å²) in [5.41, 5.74) is 2.92. The zero-order valence-electron chi connectivity index (χ0n) is 21.7. The SMILES string of the molecule is COCCOCCOc1cc(C(C)C)c(/C=C/C(O)CC(O)CC(=O)[O-])c(-c2ccc(F)cc2)c1OC. The fourth-order valence-corrected chi connectivity index (χ4v) is 3.84. The van der Waals surface area contributed by atoms with Crippen molar-refractivity contribution in [1.82, 2.24) is 0 Å². The van der Waals surface area contributed by atoms with E-state index in [1.165, 1.54) is 25.3 Å². The number of carbonyl (C=O) groups is 1. The van der Waals surface area contributed by atoms with Gasteiger partial charge in [0.25, 0.3) is 0 Å². The van der Waals surface area contributed by atoms with Gasteiger partial charge >= 0.3 is 0 Å². The molecule has 0 aliphatic rings. The van der Waals surface area contributed by atoms with Crippen LogP contribution in [0, 0.1) is 5.82 Å². The highest BCUT2D eigenvalue weighted by Crippen LogP contribution is 2.45. The molecule has 0 saturated heterocycles. The van der Waals surface area contributed by atoms with Crippen molar-refractivity contribution in [2.45, 2.75) is 44.8 Å². The van der Waals surface area contributed by atoms with Crippen LogP contribution in [0.4, 0.5) is 4.39 Å². The van der Waals surface area contributed by atoms with Gasteiger partial charge in [-0.2, -0.15) is 0 Å². The molecule has 2 aromatic rings. The third-order valence-corrected chi connectivity index (χ3v) is 5.59. The number of rotatable bonds is 16. The summed E-state index contributed by atoms with van der Waals surface area (Å²) in [5.74, 6) is -0.830. The third kappa shape index (κ3) is 9.44. The Morgan fingerprint density at radius 3 is 2.35 bits per heavy atom. The van der Waals surface area contributed by atoms with Gasteiger partial charge in [-0.15, -0.1) is 0 Å². The summed E-state index contributed by atoms with van der Waals surface area (Å²) in [4.78, 5) is 10.7. The van der Waals surface area contributed by atoms with E-state index in [-0.39, 0.29) is 24.8 Å². The van der Waals surface area contributed by atoms with Crippen LogP contribution in [0.25, 0.3) is 17.2 Å². The number of methoxy groups -OCH3 is 2. The molecular formula is C28H36FO8-. The van der Waals surface area contributed by atoms with Gasteiger partial charge in [-0.05, 0) is 40.8 Å². The number of hydrogen-bond donors (Lipinski definition) is 2. The molecule has 37 heavy (non-hydrogen) atoms. The first-order valence-corrected chi connectivity index (χ1v) is 12.1. The number of benzene rings is 2. The largest absolute Gasteiger partial charge is 0.550 e. The van der Waals surface area contributed by atoms with Crippen LogP contribution >= 0.6 is 0 Å². The van der Waals surface area contributed by atoms with Crippen LogP contribution in [-0.4, -0.2) is 69.0 Å². The van der Waals surface area contributed by atoms with Crippen LogP contribution in [0.15, 0.2) is 36.4 Å². The predicted molar refractivity (Wildman–Crippen MR) is 136 cm³/mol. The maximum absolute atomic E-state index is 13.7. The zero-order valence-corrected chi connectivity index (χ0v) is 21.7. The lowest BCUT2D eigenvalue weighted by Crippen LogP contribution is -2.29. The Morgan fingerprint density at radius 1 is 1.08 bits per heavy atom. The fourth-order valence-electron chi connectivity index (χ4n) is 3.84. The molecule has 2 aromatic carbocycles. The van der Waals surface area contributed by atoms with Gasteiger partial charge in [0, 0.05) is 31.5 Å². The monoisotopic (exact) mass is 519 g/mol. The first-order chi connectivity index (χ1) is 17.7. The Hall–Kier alpha value is -2.98. The second kappa shape index (κ2) is 15.3. The van der Waals surface area contributed by atoms with E-state index >= 15 is 0 Å². The summed E-state index contributed by atoms with van der Waals surface area (Å²) in [6.45, 7) is 5.55. The van der Waals surface area contributed by atoms with Gasteiger partial charge in [0.15, 0.2) is 11.5 Å². The summed E-state index contributed by atoms with van der Waals surface area (Å²) < 4.78 is 36.0. The molecule has 0 radical (unpaired) electrons. The smallest absolute Gasteiger partial charge is 0.169 e. The van der Waals surface area contributed by atoms with E-state index in [9.17, 15) is 24.5 Å². The standard InChI is InChI=1S/C28H37FO8/c1-18(2)24-17-25(37-14-13-36-12-11-34-3)28(35-4)27(19-5-7-20(29)8-6-19)23(24)10-9-21(30)15-22(31)16-26(32)33/h5-10,17-18,21-22,30-31H,11-16H2,1-4H3,(H,32,33)/p-1/b10-9+. The van der Waals surface area contributed by atoms with Crippen molar-refractivity contribution in [2.24, 2.45) is 0 Å². The molecule has 0 saturated carbocycles. The minimum atomic E-state index is -1.39. The summed E-state index contributed by atoms with van der Waals surface area (Å²) in [6, 6.07) is 7.82. The number of aliphatic hydroxyl groups is 2. The lowest BCUT2D eigenvalue weighted by Gasteiger charge is -2.22. The van der Waals surface area contributed by atoms with Gasteiger partial charge in [-0.3, -0.25) is 0 Å². The van der Waals surface area contributed by atoms with Gasteiger partial charge in [0.05, 0.1) is 39.1 Å². The van der Waals surface area contributed by atoms with Crippen molar-refractivity contribution >= 4 is 12.0 Å². The number of carboxylic acids is 1. The molecule has 204 valence electrons. The predicted octanol–water partition coefficient (Wildman–Crippen LogP) is 2.93. The van der Waals surface area contributed by atoms with Crippen molar-refractivity contribution in [1.29, 1.82) is 0 Å². The molecule has 0 bridgehead atoms. The highest BCUT2D eigenvalue weighted by Gasteiger charge is 2.22. The van der Waals surface area contributed by atoms with E-state index in [4.69, 9.17) is 18.9 Å². The maximum atomic E-state index is 13.7. The number of aliphatic hydroxyl groups excluding tert-OH is 2. The van der Waals surface area contributed by atoms with Crippen molar-refractivity contribution in [2.75, 3.05) is 40.6 Å². The molecule has 0 spiro atoms. The van der Waals surface area contributed by atoms with Crippen LogP contribution in [0.3, 0.4) is 0 Å². The molecule has 0 heterocycles. The lowest BCUT2D eigenvalue weighted by atomic mass is 9.88. The third-order valence-electron chi connectivity index (χ3n) is 5.59. The van der Waals surface area contributed by atoms with E-state index in [2.05, 4.69) is 0 Å². The van der Waals surface area contributed by atoms with Gasteiger partial charge < -0.3 is 39.1 Å². The minimum Gasteiger partial charge on any atom is -0.550 e. The zero-order chi connectivity index (χ0) is 27.4. The van der Waals surface area contributed by atoms with Crippen molar-refractivity contribution in [3.63, 3.8) is 0 Å². The number of ether oxygens (including phenoxy) is 4. The molecule has 9 heteroatoms. The van der Waals surface area contributed by atoms with E-state index < -0.39 is 24.6 Å². The number of aliphatic carboxylic acids is 1. The van der Waals surface area contributed by atoms with Crippen molar-refractivity contribution in [3.8, 4) is 22.6 Å². The summed E-state index contributed by atoms with van der Waals surface area (Å²) >= 11 is 0. The molecule has 0 amide bonds. The summed E-state index contributed by atoms with van der Waals surface area (Å²) in [5, 5.41) is 31.0. The average molecular weight is 520 g/mol. The molecule has 0 aliphatic heterocycles. The Balaban J connectivity index is 2.51. The highest BCUT2D eigenvalue weighted by atomic mass is 19.1. The summed E-state index contributed by atoms with van der Waals surface area (Å²) in [6.07, 6.45) is 0.0806. The van der Waals surface area contributed by atoms with Crippen molar-refractivity contribution in [3.05, 3.63) is 53.4 Å². The number of hydrogen-bond acceptors (Lipinski definition) is 8. The first kappa shape index (κ1) is 30.2. The first-order valence-electron chi connectivity index (χ1n) is 12.1. The summed E-state index contributed by atoms with van der Waals surface area (Å²) in [7, 11) is 3.11. The number of carbonyl (C=O) groups excluding carboxylic acids is 1. The van der Waals surface area contributed by atoms with Gasteiger partial charge in [0.2, 0.25) is 0 Å². The number of carboxylic acid groups (broad SMARTS) is 1. The lowest BCUT2D eigenvalue weighted by molar-refractivity contribution is -0.307. The Morgan fingerprint density at radius 2 is 1.76 bits per heavy atom. The molecule has 2 unspecified atom stereocenters. The fraction of sp³-hybridized carbons (Fsp3) is 0.464. The molecule has 2 N–H and O–H groups in total. The Labute approximate surface area is 217 Å². The van der Waals surface area contributed by atoms with Crippen LogP contribution in [0.1, 0.15) is 43.7 Å². The highest BCUT2D eigenvalue weighted by molar-refractivity contribution is 5.85. The normalized spacial score (nSPS) is 13.2. The second-order valence-corrected chi connectivity index (χ2v) is 8.79. The van der Waals surface area contributed by atoms with Crippen LogP contribution in [0.5, 0.6) is 11.5 Å². The molecule has 0 aliphatic carbocycles. The van der Waals surface area contributed by atoms with Gasteiger partial charge in [0.1, 0.15) is 12.4 Å². The Bertz CT molecular complexity index is 1020. The maximum Gasteiger partial charge on any atom is 0.169 e. The van der Waals surface area contributed by atoms with Crippen LogP contribution in [0.2, 0.25) is 0 Å². The van der Waals surface area contributed by atoms with E-state index in [1.807, 2.05) is 19.9 Å². The van der Waals surface area contributed by atoms with Gasteiger partial charge in [-0.1, -0.05) is 38.1 Å². The molecule has 8 nitrogen and oxygen atoms in total. The molecule has 0 aromatic heterocycles. The second-order valence-electron chi connectivity index (χ2n) is 8.79. The van der Waals surface area contributed by atoms with E-state index in [1.54, 1.807) is 25.3 Å². The van der Waals surface area contributed by atoms with Crippen LogP contribution < -0.4 is 14.6 Å². The molecule has 0 fully saturated rings.